The Balaban J connectivity index is 3.60. The Morgan fingerprint density at radius 2 is 2.18 bits per heavy atom. The van der Waals surface area contributed by atoms with Crippen LogP contribution >= 0.6 is 0 Å². The molecule has 0 radical (unpaired) electrons. The van der Waals surface area contributed by atoms with Crippen LogP contribution in [0.3, 0.4) is 0 Å². The van der Waals surface area contributed by atoms with Crippen LogP contribution in [0.25, 0.3) is 12.7 Å². The summed E-state index contributed by atoms with van der Waals surface area (Å²) in [5.74, 6) is 0. The molecule has 0 N–H and O–H groups in total. The minimum atomic E-state index is -0.370. The van der Waals surface area contributed by atoms with E-state index in [-0.39, 0.29) is 5.63 Å². The standard InChI is InChI=1S/C9H8O2/c1-3-4-8-7(2)5-6-9(10)11-8/h3-6H,1-2H2. The maximum absolute atomic E-state index is 10.7. The SMILES string of the molecule is C=CC=c1oc(=O)ccc1=C. The van der Waals surface area contributed by atoms with Crippen LogP contribution in [0, 0.1) is 0 Å². The molecular formula is C9H8O2. The maximum Gasteiger partial charge on any atom is 0.336 e. The van der Waals surface area contributed by atoms with Crippen LogP contribution in [-0.2, 0) is 0 Å². The zero-order valence-electron chi connectivity index (χ0n) is 6.04. The summed E-state index contributed by atoms with van der Waals surface area (Å²) in [7, 11) is 0. The minimum absolute atomic E-state index is 0.370. The average molecular weight is 148 g/mol. The van der Waals surface area contributed by atoms with Gasteiger partial charge < -0.3 is 4.42 Å². The molecule has 0 atom stereocenters. The molecule has 1 rings (SSSR count). The molecule has 11 heavy (non-hydrogen) atoms. The summed E-state index contributed by atoms with van der Waals surface area (Å²) in [5, 5.41) is 0.685. The van der Waals surface area contributed by atoms with E-state index < -0.39 is 0 Å². The van der Waals surface area contributed by atoms with Crippen LogP contribution in [0.5, 0.6) is 0 Å². The second-order valence-electron chi connectivity index (χ2n) is 2.05. The molecule has 1 aromatic rings. The molecule has 0 unspecified atom stereocenters. The summed E-state index contributed by atoms with van der Waals surface area (Å²) in [4.78, 5) is 10.7. The number of hydrogen-bond donors (Lipinski definition) is 0. The van der Waals surface area contributed by atoms with E-state index >= 15 is 0 Å². The van der Waals surface area contributed by atoms with Gasteiger partial charge in [-0.05, 0) is 12.1 Å². The van der Waals surface area contributed by atoms with Gasteiger partial charge in [-0.25, -0.2) is 4.79 Å². The Hall–Kier alpha value is -1.57. The summed E-state index contributed by atoms with van der Waals surface area (Å²) in [6, 6.07) is 2.95. The molecule has 0 saturated carbocycles. The second-order valence-corrected chi connectivity index (χ2v) is 2.05. The van der Waals surface area contributed by atoms with E-state index in [9.17, 15) is 4.79 Å². The Morgan fingerprint density at radius 1 is 1.45 bits per heavy atom. The lowest BCUT2D eigenvalue weighted by molar-refractivity contribution is 0.474. The summed E-state index contributed by atoms with van der Waals surface area (Å²) >= 11 is 0. The van der Waals surface area contributed by atoms with E-state index in [4.69, 9.17) is 4.42 Å². The quantitative estimate of drug-likeness (QED) is 0.562. The predicted molar refractivity (Wildman–Crippen MR) is 44.4 cm³/mol. The third kappa shape index (κ3) is 1.67. The molecule has 0 bridgehead atoms. The number of rotatable bonds is 1. The van der Waals surface area contributed by atoms with Crippen molar-refractivity contribution in [3.8, 4) is 0 Å². The van der Waals surface area contributed by atoms with Gasteiger partial charge in [0.15, 0.2) is 0 Å². The molecule has 0 aromatic carbocycles. The summed E-state index contributed by atoms with van der Waals surface area (Å²) in [5.41, 5.74) is 0.0954. The Bertz CT molecular complexity index is 412. The van der Waals surface area contributed by atoms with E-state index in [2.05, 4.69) is 13.2 Å². The fourth-order valence-corrected chi connectivity index (χ4v) is 0.707. The van der Waals surface area contributed by atoms with Crippen molar-refractivity contribution >= 4 is 12.7 Å². The predicted octanol–water partition coefficient (Wildman–Crippen LogP) is 0.0166. The zero-order valence-corrected chi connectivity index (χ0v) is 6.04. The van der Waals surface area contributed by atoms with Crippen molar-refractivity contribution < 1.29 is 4.42 Å². The molecule has 0 fully saturated rings. The second kappa shape index (κ2) is 3.01. The lowest BCUT2D eigenvalue weighted by atomic mass is 10.4. The van der Waals surface area contributed by atoms with Crippen molar-refractivity contribution in [2.45, 2.75) is 0 Å². The van der Waals surface area contributed by atoms with E-state index in [0.29, 0.717) is 10.6 Å². The summed E-state index contributed by atoms with van der Waals surface area (Å²) < 4.78 is 4.80. The van der Waals surface area contributed by atoms with Crippen molar-refractivity contribution in [3.05, 3.63) is 45.8 Å². The van der Waals surface area contributed by atoms with Gasteiger partial charge in [0.2, 0.25) is 0 Å². The van der Waals surface area contributed by atoms with Crippen LogP contribution in [0.4, 0.5) is 0 Å². The van der Waals surface area contributed by atoms with Gasteiger partial charge in [-0.1, -0.05) is 19.2 Å². The number of hydrogen-bond acceptors (Lipinski definition) is 2. The molecule has 1 heterocycles. The van der Waals surface area contributed by atoms with Crippen molar-refractivity contribution in [2.24, 2.45) is 0 Å². The fraction of sp³-hybridized carbons (Fsp3) is 0. The molecule has 0 spiro atoms. The molecule has 2 nitrogen and oxygen atoms in total. The third-order valence-corrected chi connectivity index (χ3v) is 1.22. The molecule has 0 amide bonds. The first-order chi connectivity index (χ1) is 5.24. The first-order valence-corrected chi connectivity index (χ1v) is 3.16. The molecule has 0 aliphatic heterocycles. The van der Waals surface area contributed by atoms with Gasteiger partial charge in [-0.15, -0.1) is 0 Å². The van der Waals surface area contributed by atoms with Gasteiger partial charge >= 0.3 is 5.63 Å². The van der Waals surface area contributed by atoms with Crippen molar-refractivity contribution in [2.75, 3.05) is 0 Å². The first kappa shape index (κ1) is 7.54. The molecule has 1 aromatic heterocycles. The van der Waals surface area contributed by atoms with Crippen LogP contribution in [0.15, 0.2) is 34.0 Å². The molecular weight excluding hydrogens is 140 g/mol. The van der Waals surface area contributed by atoms with Crippen molar-refractivity contribution in [1.29, 1.82) is 0 Å². The fourth-order valence-electron chi connectivity index (χ4n) is 0.707. The van der Waals surface area contributed by atoms with E-state index in [1.807, 2.05) is 0 Å². The Morgan fingerprint density at radius 3 is 2.82 bits per heavy atom. The van der Waals surface area contributed by atoms with Crippen LogP contribution < -0.4 is 16.3 Å². The van der Waals surface area contributed by atoms with Gasteiger partial charge in [-0.3, -0.25) is 0 Å². The maximum atomic E-state index is 10.7. The lowest BCUT2D eigenvalue weighted by Crippen LogP contribution is -2.26. The topological polar surface area (TPSA) is 30.2 Å². The first-order valence-electron chi connectivity index (χ1n) is 3.16. The van der Waals surface area contributed by atoms with E-state index in [1.165, 1.54) is 6.07 Å². The highest BCUT2D eigenvalue weighted by molar-refractivity contribution is 5.31. The van der Waals surface area contributed by atoms with Crippen LogP contribution in [-0.4, -0.2) is 0 Å². The number of allylic oxidation sites excluding steroid dienone is 1. The smallest absolute Gasteiger partial charge is 0.336 e. The van der Waals surface area contributed by atoms with Crippen LogP contribution in [0.1, 0.15) is 0 Å². The highest BCUT2D eigenvalue weighted by Gasteiger charge is 1.84. The Labute approximate surface area is 63.8 Å². The summed E-state index contributed by atoms with van der Waals surface area (Å²) in [6.45, 7) is 7.15. The van der Waals surface area contributed by atoms with E-state index in [1.54, 1.807) is 18.2 Å². The lowest BCUT2D eigenvalue weighted by Gasteiger charge is -1.83. The molecule has 0 aliphatic rings. The minimum Gasteiger partial charge on any atom is -0.423 e. The van der Waals surface area contributed by atoms with Crippen LogP contribution in [0.2, 0.25) is 0 Å². The van der Waals surface area contributed by atoms with Gasteiger partial charge in [0.05, 0.1) is 0 Å². The van der Waals surface area contributed by atoms with Gasteiger partial charge in [0, 0.05) is 11.3 Å². The Kier molecular flexibility index (Phi) is 2.06. The summed E-state index contributed by atoms with van der Waals surface area (Å²) in [6.07, 6.45) is 3.15. The third-order valence-electron chi connectivity index (χ3n) is 1.22. The molecule has 0 saturated heterocycles. The van der Waals surface area contributed by atoms with Gasteiger partial charge in [0.25, 0.3) is 0 Å². The van der Waals surface area contributed by atoms with E-state index in [0.717, 1.165) is 0 Å². The molecule has 2 heteroatoms. The zero-order chi connectivity index (χ0) is 8.27. The van der Waals surface area contributed by atoms with Crippen molar-refractivity contribution in [3.63, 3.8) is 0 Å². The molecule has 56 valence electrons. The largest absolute Gasteiger partial charge is 0.423 e. The van der Waals surface area contributed by atoms with Gasteiger partial charge in [0.1, 0.15) is 5.42 Å². The highest BCUT2D eigenvalue weighted by Crippen LogP contribution is 1.63. The van der Waals surface area contributed by atoms with Gasteiger partial charge in [-0.2, -0.15) is 0 Å². The normalized spacial score (nSPS) is 11.5. The van der Waals surface area contributed by atoms with Crippen molar-refractivity contribution in [1.82, 2.24) is 0 Å². The monoisotopic (exact) mass is 148 g/mol. The molecule has 0 aliphatic carbocycles. The highest BCUT2D eigenvalue weighted by atomic mass is 16.4. The average Bonchev–Trinajstić information content (AvgIpc) is 1.98.